The molecule has 0 saturated heterocycles. The van der Waals surface area contributed by atoms with Crippen LogP contribution in [-0.4, -0.2) is 30.7 Å². The Morgan fingerprint density at radius 3 is 2.30 bits per heavy atom. The van der Waals surface area contributed by atoms with Crippen molar-refractivity contribution >= 4 is 17.3 Å². The van der Waals surface area contributed by atoms with Crippen LogP contribution in [-0.2, 0) is 4.79 Å². The second kappa shape index (κ2) is 6.24. The van der Waals surface area contributed by atoms with E-state index in [1.807, 2.05) is 44.4 Å². The Labute approximate surface area is 137 Å². The van der Waals surface area contributed by atoms with Crippen molar-refractivity contribution in [1.29, 1.82) is 0 Å². The summed E-state index contributed by atoms with van der Waals surface area (Å²) >= 11 is 0. The highest BCUT2D eigenvalue weighted by Crippen LogP contribution is 2.32. The predicted octanol–water partition coefficient (Wildman–Crippen LogP) is 3.45. The fourth-order valence-electron chi connectivity index (χ4n) is 2.86. The molecule has 0 N–H and O–H groups in total. The molecule has 0 radical (unpaired) electrons. The molecule has 1 atom stereocenters. The minimum Gasteiger partial charge on any atom is -0.378 e. The van der Waals surface area contributed by atoms with Gasteiger partial charge in [0.1, 0.15) is 0 Å². The lowest BCUT2D eigenvalue weighted by Gasteiger charge is -2.20. The quantitative estimate of drug-likeness (QED) is 0.870. The summed E-state index contributed by atoms with van der Waals surface area (Å²) in [7, 11) is 4.04. The van der Waals surface area contributed by atoms with Crippen LogP contribution in [0, 0.1) is 0 Å². The average molecular weight is 307 g/mol. The predicted molar refractivity (Wildman–Crippen MR) is 93.6 cm³/mol. The van der Waals surface area contributed by atoms with E-state index in [1.165, 1.54) is 0 Å². The van der Waals surface area contributed by atoms with Crippen LogP contribution >= 0.6 is 0 Å². The number of carbonyl (C=O) groups excluding carboxylic acids is 1. The van der Waals surface area contributed by atoms with E-state index in [1.54, 1.807) is 11.9 Å². The minimum absolute atomic E-state index is 0.0165. The molecule has 1 amide bonds. The molecule has 0 aliphatic carbocycles. The van der Waals surface area contributed by atoms with Gasteiger partial charge in [-0.15, -0.1) is 0 Å². The van der Waals surface area contributed by atoms with Gasteiger partial charge in [-0.2, -0.15) is 5.10 Å². The highest BCUT2D eigenvalue weighted by atomic mass is 16.2. The van der Waals surface area contributed by atoms with Crippen LogP contribution in [0.1, 0.15) is 30.5 Å². The molecule has 0 saturated carbocycles. The fourth-order valence-corrected chi connectivity index (χ4v) is 2.86. The summed E-state index contributed by atoms with van der Waals surface area (Å²) in [6, 6.07) is 18.4. The number of anilines is 1. The third-order valence-corrected chi connectivity index (χ3v) is 4.13. The number of amides is 1. The highest BCUT2D eigenvalue weighted by Gasteiger charge is 2.31. The van der Waals surface area contributed by atoms with Gasteiger partial charge in [-0.1, -0.05) is 42.5 Å². The molecule has 3 rings (SSSR count). The van der Waals surface area contributed by atoms with Crippen molar-refractivity contribution in [1.82, 2.24) is 5.01 Å². The Bertz CT molecular complexity index is 720. The van der Waals surface area contributed by atoms with Crippen molar-refractivity contribution in [3.8, 4) is 0 Å². The Morgan fingerprint density at radius 1 is 1.09 bits per heavy atom. The van der Waals surface area contributed by atoms with Crippen LogP contribution < -0.4 is 4.90 Å². The Balaban J connectivity index is 1.89. The summed E-state index contributed by atoms with van der Waals surface area (Å²) in [6.45, 7) is 1.57. The zero-order chi connectivity index (χ0) is 16.4. The van der Waals surface area contributed by atoms with Crippen molar-refractivity contribution in [3.05, 3.63) is 65.7 Å². The number of carbonyl (C=O) groups is 1. The number of benzene rings is 2. The summed E-state index contributed by atoms with van der Waals surface area (Å²) in [5.41, 5.74) is 4.29. The molecule has 1 unspecified atom stereocenters. The average Bonchev–Trinajstić information content (AvgIpc) is 3.01. The van der Waals surface area contributed by atoms with Gasteiger partial charge in [0, 0.05) is 33.1 Å². The van der Waals surface area contributed by atoms with E-state index in [2.05, 4.69) is 34.3 Å². The third kappa shape index (κ3) is 3.11. The van der Waals surface area contributed by atoms with Crippen LogP contribution in [0.5, 0.6) is 0 Å². The molecule has 0 spiro atoms. The van der Waals surface area contributed by atoms with Gasteiger partial charge < -0.3 is 4.90 Å². The summed E-state index contributed by atoms with van der Waals surface area (Å²) in [5.74, 6) is -0.0289. The fraction of sp³-hybridized carbons (Fsp3) is 0.263. The van der Waals surface area contributed by atoms with E-state index in [0.29, 0.717) is 0 Å². The molecule has 1 aliphatic rings. The minimum atomic E-state index is -0.0289. The van der Waals surface area contributed by atoms with Gasteiger partial charge in [-0.3, -0.25) is 4.79 Å². The van der Waals surface area contributed by atoms with Gasteiger partial charge in [-0.05, 0) is 23.3 Å². The van der Waals surface area contributed by atoms with Crippen LogP contribution in [0.4, 0.5) is 5.69 Å². The summed E-state index contributed by atoms with van der Waals surface area (Å²) < 4.78 is 0. The first kappa shape index (κ1) is 15.3. The van der Waals surface area contributed by atoms with Gasteiger partial charge in [0.05, 0.1) is 11.8 Å². The van der Waals surface area contributed by atoms with Gasteiger partial charge in [0.2, 0.25) is 5.91 Å². The standard InChI is InChI=1S/C19H21N3O/c1-14(23)22-19(16-7-5-4-6-8-16)13-18(20-22)15-9-11-17(12-10-15)21(2)3/h4-12,19H,13H2,1-3H3. The SMILES string of the molecule is CC(=O)N1N=C(c2ccc(N(C)C)cc2)CC1c1ccccc1. The number of rotatable bonds is 3. The summed E-state index contributed by atoms with van der Waals surface area (Å²) in [5, 5.41) is 6.18. The zero-order valence-electron chi connectivity index (χ0n) is 13.7. The number of nitrogens with zero attached hydrogens (tertiary/aromatic N) is 3. The van der Waals surface area contributed by atoms with Crippen LogP contribution in [0.2, 0.25) is 0 Å². The maximum atomic E-state index is 12.0. The number of hydrogen-bond donors (Lipinski definition) is 0. The van der Waals surface area contributed by atoms with E-state index < -0.39 is 0 Å². The van der Waals surface area contributed by atoms with Crippen molar-refractivity contribution in [2.24, 2.45) is 5.10 Å². The largest absolute Gasteiger partial charge is 0.378 e. The molecule has 0 aromatic heterocycles. The Kier molecular flexibility index (Phi) is 4.15. The number of hydrogen-bond acceptors (Lipinski definition) is 3. The van der Waals surface area contributed by atoms with E-state index >= 15 is 0 Å². The lowest BCUT2D eigenvalue weighted by Crippen LogP contribution is -2.24. The van der Waals surface area contributed by atoms with E-state index in [-0.39, 0.29) is 11.9 Å². The van der Waals surface area contributed by atoms with Crippen molar-refractivity contribution in [3.63, 3.8) is 0 Å². The molecule has 1 aliphatic heterocycles. The van der Waals surface area contributed by atoms with Crippen LogP contribution in [0.25, 0.3) is 0 Å². The molecule has 118 valence electrons. The van der Waals surface area contributed by atoms with E-state index in [9.17, 15) is 4.79 Å². The van der Waals surface area contributed by atoms with Gasteiger partial charge in [0.25, 0.3) is 0 Å². The van der Waals surface area contributed by atoms with E-state index in [0.717, 1.165) is 28.9 Å². The maximum Gasteiger partial charge on any atom is 0.240 e. The van der Waals surface area contributed by atoms with Gasteiger partial charge in [0.15, 0.2) is 0 Å². The summed E-state index contributed by atoms with van der Waals surface area (Å²) in [4.78, 5) is 14.0. The monoisotopic (exact) mass is 307 g/mol. The maximum absolute atomic E-state index is 12.0. The Hall–Kier alpha value is -2.62. The smallest absolute Gasteiger partial charge is 0.240 e. The van der Waals surface area contributed by atoms with Gasteiger partial charge >= 0.3 is 0 Å². The molecule has 4 nitrogen and oxygen atoms in total. The first-order valence-electron chi connectivity index (χ1n) is 7.76. The molecule has 0 bridgehead atoms. The summed E-state index contributed by atoms with van der Waals surface area (Å²) in [6.07, 6.45) is 0.741. The lowest BCUT2D eigenvalue weighted by molar-refractivity contribution is -0.130. The van der Waals surface area contributed by atoms with Crippen molar-refractivity contribution in [2.45, 2.75) is 19.4 Å². The normalized spacial score (nSPS) is 17.1. The molecule has 0 fully saturated rings. The Morgan fingerprint density at radius 2 is 1.74 bits per heavy atom. The van der Waals surface area contributed by atoms with Gasteiger partial charge in [-0.25, -0.2) is 5.01 Å². The third-order valence-electron chi connectivity index (χ3n) is 4.13. The van der Waals surface area contributed by atoms with E-state index in [4.69, 9.17) is 0 Å². The first-order chi connectivity index (χ1) is 11.1. The first-order valence-corrected chi connectivity index (χ1v) is 7.76. The molecular weight excluding hydrogens is 286 g/mol. The van der Waals surface area contributed by atoms with Crippen molar-refractivity contribution in [2.75, 3.05) is 19.0 Å². The molecule has 1 heterocycles. The second-order valence-electron chi connectivity index (χ2n) is 5.98. The molecule has 23 heavy (non-hydrogen) atoms. The number of hydrazone groups is 1. The molecule has 2 aromatic rings. The highest BCUT2D eigenvalue weighted by molar-refractivity contribution is 6.03. The van der Waals surface area contributed by atoms with Crippen molar-refractivity contribution < 1.29 is 4.79 Å². The molecule has 2 aromatic carbocycles. The lowest BCUT2D eigenvalue weighted by atomic mass is 9.98. The van der Waals surface area contributed by atoms with Crippen LogP contribution in [0.15, 0.2) is 59.7 Å². The van der Waals surface area contributed by atoms with Crippen LogP contribution in [0.3, 0.4) is 0 Å². The zero-order valence-corrected chi connectivity index (χ0v) is 13.7. The molecular formula is C19H21N3O. The molecule has 4 heteroatoms. The second-order valence-corrected chi connectivity index (χ2v) is 5.98. The topological polar surface area (TPSA) is 35.9 Å².